The molecule has 0 saturated carbocycles. The number of hydrogen-bond donors (Lipinski definition) is 0. The average molecular weight is 415 g/mol. The molecule has 5 rings (SSSR count). The fourth-order valence-electron chi connectivity index (χ4n) is 4.32. The monoisotopic (exact) mass is 415 g/mol. The van der Waals surface area contributed by atoms with E-state index in [-0.39, 0.29) is 5.91 Å². The molecule has 2 heterocycles. The SMILES string of the molecule is Cc1cccc2c1N(Cc1ccccc1OCc1ccccc1)C(=O)C21OCCCO1. The maximum Gasteiger partial charge on any atom is 0.292 e. The zero-order chi connectivity index (χ0) is 21.3. The summed E-state index contributed by atoms with van der Waals surface area (Å²) >= 11 is 0. The van der Waals surface area contributed by atoms with Gasteiger partial charge in [-0.05, 0) is 30.5 Å². The van der Waals surface area contributed by atoms with Crippen LogP contribution in [0.1, 0.15) is 28.7 Å². The van der Waals surface area contributed by atoms with Crippen LogP contribution in [0.4, 0.5) is 5.69 Å². The zero-order valence-corrected chi connectivity index (χ0v) is 17.5. The average Bonchev–Trinajstić information content (AvgIpc) is 3.03. The smallest absolute Gasteiger partial charge is 0.292 e. The minimum atomic E-state index is -1.33. The zero-order valence-electron chi connectivity index (χ0n) is 17.5. The largest absolute Gasteiger partial charge is 0.489 e. The second kappa shape index (κ2) is 8.17. The number of amides is 1. The van der Waals surface area contributed by atoms with Gasteiger partial charge in [0.25, 0.3) is 11.7 Å². The summed E-state index contributed by atoms with van der Waals surface area (Å²) in [5.41, 5.74) is 4.71. The van der Waals surface area contributed by atoms with E-state index in [1.165, 1.54) is 0 Å². The lowest BCUT2D eigenvalue weighted by Gasteiger charge is -2.32. The molecule has 1 fully saturated rings. The predicted molar refractivity (Wildman–Crippen MR) is 118 cm³/mol. The van der Waals surface area contributed by atoms with Gasteiger partial charge < -0.3 is 19.1 Å². The van der Waals surface area contributed by atoms with Crippen molar-refractivity contribution in [1.29, 1.82) is 0 Å². The number of rotatable bonds is 5. The highest BCUT2D eigenvalue weighted by molar-refractivity contribution is 6.06. The Hall–Kier alpha value is -3.15. The molecule has 0 N–H and O–H groups in total. The summed E-state index contributed by atoms with van der Waals surface area (Å²) in [5.74, 6) is -0.741. The first-order valence-electron chi connectivity index (χ1n) is 10.6. The van der Waals surface area contributed by atoms with Crippen molar-refractivity contribution in [3.8, 4) is 5.75 Å². The molecule has 0 unspecified atom stereocenters. The Morgan fingerprint density at radius 1 is 0.935 bits per heavy atom. The number of para-hydroxylation sites is 2. The highest BCUT2D eigenvalue weighted by Gasteiger charge is 2.55. The van der Waals surface area contributed by atoms with Crippen molar-refractivity contribution in [2.45, 2.75) is 32.3 Å². The van der Waals surface area contributed by atoms with Crippen molar-refractivity contribution >= 4 is 11.6 Å². The number of carbonyl (C=O) groups is 1. The summed E-state index contributed by atoms with van der Waals surface area (Å²) in [6, 6.07) is 23.8. The number of nitrogens with zero attached hydrogens (tertiary/aromatic N) is 1. The van der Waals surface area contributed by atoms with Gasteiger partial charge in [0, 0.05) is 11.1 Å². The molecule has 2 aliphatic heterocycles. The molecule has 3 aromatic rings. The second-order valence-corrected chi connectivity index (χ2v) is 7.91. The molecule has 0 radical (unpaired) electrons. The molecule has 1 spiro atoms. The molecule has 0 atom stereocenters. The van der Waals surface area contributed by atoms with Gasteiger partial charge >= 0.3 is 0 Å². The molecule has 0 aromatic heterocycles. The van der Waals surface area contributed by atoms with E-state index < -0.39 is 5.79 Å². The van der Waals surface area contributed by atoms with E-state index in [2.05, 4.69) is 0 Å². The fourth-order valence-corrected chi connectivity index (χ4v) is 4.32. The third-order valence-electron chi connectivity index (χ3n) is 5.83. The predicted octanol–water partition coefficient (Wildman–Crippen LogP) is 4.71. The Morgan fingerprint density at radius 3 is 2.48 bits per heavy atom. The fraction of sp³-hybridized carbons (Fsp3) is 0.269. The summed E-state index contributed by atoms with van der Waals surface area (Å²) in [6.45, 7) is 3.87. The molecule has 158 valence electrons. The second-order valence-electron chi connectivity index (χ2n) is 7.91. The van der Waals surface area contributed by atoms with E-state index in [9.17, 15) is 4.79 Å². The molecule has 5 heteroatoms. The van der Waals surface area contributed by atoms with Gasteiger partial charge in [0.05, 0.1) is 25.4 Å². The molecule has 0 aliphatic carbocycles. The maximum atomic E-state index is 13.6. The van der Waals surface area contributed by atoms with Crippen LogP contribution in [-0.2, 0) is 33.2 Å². The highest BCUT2D eigenvalue weighted by atomic mass is 16.7. The van der Waals surface area contributed by atoms with Crippen molar-refractivity contribution in [3.63, 3.8) is 0 Å². The molecule has 5 nitrogen and oxygen atoms in total. The minimum absolute atomic E-state index is 0.172. The van der Waals surface area contributed by atoms with Crippen LogP contribution in [0.3, 0.4) is 0 Å². The summed E-state index contributed by atoms with van der Waals surface area (Å²) in [4.78, 5) is 15.4. The quantitative estimate of drug-likeness (QED) is 0.606. The van der Waals surface area contributed by atoms with Gasteiger partial charge in [0.2, 0.25) is 0 Å². The first-order valence-corrected chi connectivity index (χ1v) is 10.6. The van der Waals surface area contributed by atoms with Gasteiger partial charge in [-0.15, -0.1) is 0 Å². The minimum Gasteiger partial charge on any atom is -0.489 e. The lowest BCUT2D eigenvalue weighted by Crippen LogP contribution is -2.47. The maximum absolute atomic E-state index is 13.6. The lowest BCUT2D eigenvalue weighted by atomic mass is 10.0. The summed E-state index contributed by atoms with van der Waals surface area (Å²) in [7, 11) is 0. The van der Waals surface area contributed by atoms with Crippen molar-refractivity contribution in [1.82, 2.24) is 0 Å². The van der Waals surface area contributed by atoms with E-state index in [1.54, 1.807) is 4.90 Å². The van der Waals surface area contributed by atoms with Crippen molar-refractivity contribution < 1.29 is 19.0 Å². The summed E-state index contributed by atoms with van der Waals surface area (Å²) in [5, 5.41) is 0. The van der Waals surface area contributed by atoms with Crippen molar-refractivity contribution in [3.05, 3.63) is 95.1 Å². The van der Waals surface area contributed by atoms with Crippen LogP contribution in [0.5, 0.6) is 5.75 Å². The van der Waals surface area contributed by atoms with E-state index in [1.807, 2.05) is 79.7 Å². The van der Waals surface area contributed by atoms with Crippen LogP contribution in [0.15, 0.2) is 72.8 Å². The Balaban J connectivity index is 1.46. The Kier molecular flexibility index (Phi) is 5.22. The molecular formula is C26H25NO4. The first kappa shape index (κ1) is 19.8. The van der Waals surface area contributed by atoms with Gasteiger partial charge in [-0.3, -0.25) is 4.79 Å². The van der Waals surface area contributed by atoms with Gasteiger partial charge in [0.15, 0.2) is 0 Å². The van der Waals surface area contributed by atoms with Crippen LogP contribution < -0.4 is 9.64 Å². The van der Waals surface area contributed by atoms with Crippen molar-refractivity contribution in [2.24, 2.45) is 0 Å². The van der Waals surface area contributed by atoms with Crippen LogP contribution in [-0.4, -0.2) is 19.1 Å². The molecule has 1 saturated heterocycles. The van der Waals surface area contributed by atoms with E-state index >= 15 is 0 Å². The normalized spacial score (nSPS) is 17.1. The third kappa shape index (κ3) is 3.50. The number of ether oxygens (including phenoxy) is 3. The number of fused-ring (bicyclic) bond motifs is 2. The van der Waals surface area contributed by atoms with E-state index in [0.717, 1.165) is 40.1 Å². The molecule has 1 amide bonds. The molecule has 3 aromatic carbocycles. The van der Waals surface area contributed by atoms with Gasteiger partial charge in [-0.25, -0.2) is 0 Å². The molecule has 0 bridgehead atoms. The molecule has 31 heavy (non-hydrogen) atoms. The topological polar surface area (TPSA) is 48.0 Å². The van der Waals surface area contributed by atoms with Crippen LogP contribution in [0, 0.1) is 6.92 Å². The summed E-state index contributed by atoms with van der Waals surface area (Å²) in [6.07, 6.45) is 0.784. The third-order valence-corrected chi connectivity index (χ3v) is 5.83. The van der Waals surface area contributed by atoms with Crippen molar-refractivity contribution in [2.75, 3.05) is 18.1 Å². The number of hydrogen-bond acceptors (Lipinski definition) is 4. The lowest BCUT2D eigenvalue weighted by molar-refractivity contribution is -0.256. The van der Waals surface area contributed by atoms with Crippen LogP contribution in [0.2, 0.25) is 0 Å². The highest BCUT2D eigenvalue weighted by Crippen LogP contribution is 2.47. The number of carbonyl (C=O) groups excluding carboxylic acids is 1. The summed E-state index contributed by atoms with van der Waals surface area (Å²) < 4.78 is 18.1. The Labute approximate surface area is 182 Å². The number of aryl methyl sites for hydroxylation is 1. The van der Waals surface area contributed by atoms with E-state index in [0.29, 0.717) is 26.4 Å². The van der Waals surface area contributed by atoms with Gasteiger partial charge in [-0.2, -0.15) is 0 Å². The van der Waals surface area contributed by atoms with Crippen LogP contribution >= 0.6 is 0 Å². The molecule has 2 aliphatic rings. The Morgan fingerprint density at radius 2 is 1.68 bits per heavy atom. The Bertz CT molecular complexity index is 1090. The van der Waals surface area contributed by atoms with E-state index in [4.69, 9.17) is 14.2 Å². The van der Waals surface area contributed by atoms with Gasteiger partial charge in [0.1, 0.15) is 12.4 Å². The number of anilines is 1. The first-order chi connectivity index (χ1) is 15.2. The molecular weight excluding hydrogens is 390 g/mol. The van der Waals surface area contributed by atoms with Gasteiger partial charge in [-0.1, -0.05) is 66.7 Å². The van der Waals surface area contributed by atoms with Crippen LogP contribution in [0.25, 0.3) is 0 Å². The standard InChI is InChI=1S/C26H25NO4/c1-19-9-7-13-22-24(19)27(25(28)26(22)30-15-8-16-31-26)17-21-12-5-6-14-23(21)29-18-20-10-3-2-4-11-20/h2-7,9-14H,8,15-18H2,1H3. The number of benzene rings is 3.